The molecule has 0 fully saturated rings. The summed E-state index contributed by atoms with van der Waals surface area (Å²) in [7, 11) is -2.17. The number of sulfonamides is 1. The second kappa shape index (κ2) is 6.40. The van der Waals surface area contributed by atoms with E-state index in [1.165, 1.54) is 11.4 Å². The molecule has 0 saturated carbocycles. The van der Waals surface area contributed by atoms with Crippen LogP contribution in [0.3, 0.4) is 0 Å². The standard InChI is InChI=1S/C12H11Cl3N2O2S2/c1-7-11(20-12(15)16-7)21(18,19)17(2)6-8-3-9(13)5-10(14)4-8/h3-5H,6H2,1-2H3. The molecule has 2 aromatic rings. The molecule has 1 aromatic heterocycles. The van der Waals surface area contributed by atoms with Crippen LogP contribution in [0.5, 0.6) is 0 Å². The SMILES string of the molecule is Cc1nc(Cl)sc1S(=O)(=O)N(C)Cc1cc(Cl)cc(Cl)c1. The first kappa shape index (κ1) is 17.0. The van der Waals surface area contributed by atoms with Crippen LogP contribution in [0.25, 0.3) is 0 Å². The molecule has 0 unspecified atom stereocenters. The van der Waals surface area contributed by atoms with Crippen LogP contribution in [0.1, 0.15) is 11.3 Å². The summed E-state index contributed by atoms with van der Waals surface area (Å²) in [6.45, 7) is 1.76. The van der Waals surface area contributed by atoms with Crippen molar-refractivity contribution in [3.05, 3.63) is 44.0 Å². The molecule has 4 nitrogen and oxygen atoms in total. The van der Waals surface area contributed by atoms with Crippen LogP contribution in [0.2, 0.25) is 14.5 Å². The van der Waals surface area contributed by atoms with Crippen molar-refractivity contribution in [1.29, 1.82) is 0 Å². The molecular weight excluding hydrogens is 375 g/mol. The molecule has 0 saturated heterocycles. The van der Waals surface area contributed by atoms with Crippen LogP contribution in [0.15, 0.2) is 22.4 Å². The Morgan fingerprint density at radius 3 is 2.24 bits per heavy atom. The Morgan fingerprint density at radius 1 is 1.19 bits per heavy atom. The third kappa shape index (κ3) is 3.88. The minimum atomic E-state index is -3.65. The highest BCUT2D eigenvalue weighted by Gasteiger charge is 2.26. The lowest BCUT2D eigenvalue weighted by Crippen LogP contribution is -2.26. The van der Waals surface area contributed by atoms with Gasteiger partial charge in [-0.05, 0) is 30.7 Å². The van der Waals surface area contributed by atoms with Gasteiger partial charge in [-0.2, -0.15) is 4.31 Å². The Bertz CT molecular complexity index is 755. The number of hydrogen-bond donors (Lipinski definition) is 0. The van der Waals surface area contributed by atoms with Gasteiger partial charge in [-0.25, -0.2) is 13.4 Å². The fourth-order valence-corrected chi connectivity index (χ4v) is 5.43. The molecule has 114 valence electrons. The highest BCUT2D eigenvalue weighted by molar-refractivity contribution is 7.91. The van der Waals surface area contributed by atoms with Crippen molar-refractivity contribution in [3.8, 4) is 0 Å². The third-order valence-electron chi connectivity index (χ3n) is 2.70. The minimum absolute atomic E-state index is 0.142. The molecular formula is C12H11Cl3N2O2S2. The van der Waals surface area contributed by atoms with Gasteiger partial charge in [0, 0.05) is 23.6 Å². The molecule has 0 aliphatic heterocycles. The van der Waals surface area contributed by atoms with E-state index in [0.29, 0.717) is 21.3 Å². The second-order valence-corrected chi connectivity index (χ2v) is 9.07. The van der Waals surface area contributed by atoms with Gasteiger partial charge in [-0.1, -0.05) is 46.1 Å². The van der Waals surface area contributed by atoms with E-state index >= 15 is 0 Å². The van der Waals surface area contributed by atoms with Crippen molar-refractivity contribution in [1.82, 2.24) is 9.29 Å². The van der Waals surface area contributed by atoms with Gasteiger partial charge in [0.1, 0.15) is 0 Å². The molecule has 21 heavy (non-hydrogen) atoms. The molecule has 0 N–H and O–H groups in total. The topological polar surface area (TPSA) is 50.3 Å². The average Bonchev–Trinajstić information content (AvgIpc) is 2.67. The molecule has 0 atom stereocenters. The van der Waals surface area contributed by atoms with Crippen LogP contribution < -0.4 is 0 Å². The fraction of sp³-hybridized carbons (Fsp3) is 0.250. The van der Waals surface area contributed by atoms with E-state index in [9.17, 15) is 8.42 Å². The number of thiazole rings is 1. The zero-order valence-electron chi connectivity index (χ0n) is 11.1. The lowest BCUT2D eigenvalue weighted by Gasteiger charge is -2.16. The summed E-state index contributed by atoms with van der Waals surface area (Å²) in [5.74, 6) is 0. The molecule has 1 aromatic carbocycles. The summed E-state index contributed by atoms with van der Waals surface area (Å²) >= 11 is 18.5. The predicted octanol–water partition coefficient (Wildman–Crippen LogP) is 4.23. The van der Waals surface area contributed by atoms with Gasteiger partial charge in [-0.3, -0.25) is 0 Å². The molecule has 9 heteroatoms. The molecule has 0 bridgehead atoms. The zero-order chi connectivity index (χ0) is 15.8. The maximum atomic E-state index is 12.5. The highest BCUT2D eigenvalue weighted by Crippen LogP contribution is 2.30. The van der Waals surface area contributed by atoms with Crippen molar-refractivity contribution in [2.24, 2.45) is 0 Å². The van der Waals surface area contributed by atoms with Gasteiger partial charge < -0.3 is 0 Å². The number of halogens is 3. The second-order valence-electron chi connectivity index (χ2n) is 4.38. The Balaban J connectivity index is 2.30. The Labute approximate surface area is 142 Å². The molecule has 0 aliphatic carbocycles. The van der Waals surface area contributed by atoms with Crippen LogP contribution in [0.4, 0.5) is 0 Å². The van der Waals surface area contributed by atoms with E-state index < -0.39 is 10.0 Å². The average molecular weight is 386 g/mol. The number of nitrogens with zero attached hydrogens (tertiary/aromatic N) is 2. The van der Waals surface area contributed by atoms with E-state index in [4.69, 9.17) is 34.8 Å². The Hall–Kier alpha value is -0.370. The van der Waals surface area contributed by atoms with Gasteiger partial charge in [0.2, 0.25) is 0 Å². The largest absolute Gasteiger partial charge is 0.254 e. The molecule has 0 aliphatic rings. The van der Waals surface area contributed by atoms with Gasteiger partial charge in [0.05, 0.1) is 5.69 Å². The third-order valence-corrected chi connectivity index (χ3v) is 6.79. The van der Waals surface area contributed by atoms with E-state index in [1.54, 1.807) is 25.1 Å². The van der Waals surface area contributed by atoms with Crippen molar-refractivity contribution < 1.29 is 8.42 Å². The van der Waals surface area contributed by atoms with E-state index in [2.05, 4.69) is 4.98 Å². The summed E-state index contributed by atoms with van der Waals surface area (Å²) in [4.78, 5) is 3.93. The summed E-state index contributed by atoms with van der Waals surface area (Å²) in [5.41, 5.74) is 1.09. The number of rotatable bonds is 4. The normalized spacial score (nSPS) is 12.1. The van der Waals surface area contributed by atoms with Gasteiger partial charge in [0.15, 0.2) is 8.68 Å². The minimum Gasteiger partial charge on any atom is -0.229 e. The molecule has 0 spiro atoms. The van der Waals surface area contributed by atoms with Crippen molar-refractivity contribution in [2.45, 2.75) is 17.7 Å². The summed E-state index contributed by atoms with van der Waals surface area (Å²) < 4.78 is 26.6. The molecule has 1 heterocycles. The van der Waals surface area contributed by atoms with E-state index in [-0.39, 0.29) is 15.2 Å². The van der Waals surface area contributed by atoms with Crippen molar-refractivity contribution >= 4 is 56.2 Å². The summed E-state index contributed by atoms with van der Waals surface area (Å²) in [6, 6.07) is 4.94. The molecule has 0 radical (unpaired) electrons. The lowest BCUT2D eigenvalue weighted by atomic mass is 10.2. The Kier molecular flexibility index (Phi) is 5.18. The van der Waals surface area contributed by atoms with Crippen LogP contribution in [-0.4, -0.2) is 24.8 Å². The summed E-state index contributed by atoms with van der Waals surface area (Å²) in [5, 5.41) is 0.917. The van der Waals surface area contributed by atoms with Crippen molar-refractivity contribution in [3.63, 3.8) is 0 Å². The fourth-order valence-electron chi connectivity index (χ4n) is 1.78. The lowest BCUT2D eigenvalue weighted by molar-refractivity contribution is 0.468. The van der Waals surface area contributed by atoms with Crippen LogP contribution in [-0.2, 0) is 16.6 Å². The van der Waals surface area contributed by atoms with Gasteiger partial charge in [0.25, 0.3) is 10.0 Å². The molecule has 2 rings (SSSR count). The maximum Gasteiger partial charge on any atom is 0.254 e. The maximum absolute atomic E-state index is 12.5. The van der Waals surface area contributed by atoms with E-state index in [1.807, 2.05) is 0 Å². The van der Waals surface area contributed by atoms with Gasteiger partial charge >= 0.3 is 0 Å². The smallest absolute Gasteiger partial charge is 0.229 e. The highest BCUT2D eigenvalue weighted by atomic mass is 35.5. The first-order valence-electron chi connectivity index (χ1n) is 5.74. The predicted molar refractivity (Wildman–Crippen MR) is 87.0 cm³/mol. The van der Waals surface area contributed by atoms with Gasteiger partial charge in [-0.15, -0.1) is 0 Å². The monoisotopic (exact) mass is 384 g/mol. The molecule has 0 amide bonds. The van der Waals surface area contributed by atoms with Crippen LogP contribution >= 0.6 is 46.1 Å². The first-order valence-corrected chi connectivity index (χ1v) is 9.13. The quantitative estimate of drug-likeness (QED) is 0.791. The number of hydrogen-bond acceptors (Lipinski definition) is 4. The number of benzene rings is 1. The van der Waals surface area contributed by atoms with E-state index in [0.717, 1.165) is 11.3 Å². The Morgan fingerprint density at radius 2 is 1.76 bits per heavy atom. The van der Waals surface area contributed by atoms with Crippen LogP contribution in [0, 0.1) is 6.92 Å². The first-order chi connectivity index (χ1) is 9.70. The summed E-state index contributed by atoms with van der Waals surface area (Å²) in [6.07, 6.45) is 0. The number of aromatic nitrogens is 1. The number of aryl methyl sites for hydroxylation is 1. The zero-order valence-corrected chi connectivity index (χ0v) is 15.0. The van der Waals surface area contributed by atoms with Crippen molar-refractivity contribution in [2.75, 3.05) is 7.05 Å².